The van der Waals surface area contributed by atoms with Crippen molar-refractivity contribution in [1.29, 1.82) is 0 Å². The van der Waals surface area contributed by atoms with E-state index in [1.807, 2.05) is 0 Å². The van der Waals surface area contributed by atoms with Crippen LogP contribution in [0.2, 0.25) is 0 Å². The van der Waals surface area contributed by atoms with Gasteiger partial charge in [0.05, 0.1) is 6.26 Å². The molecule has 0 radical (unpaired) electrons. The molecule has 0 atom stereocenters. The summed E-state index contributed by atoms with van der Waals surface area (Å²) >= 11 is 0. The van der Waals surface area contributed by atoms with Crippen LogP contribution in [0, 0.1) is 0 Å². The highest BCUT2D eigenvalue weighted by Crippen LogP contribution is 2.18. The van der Waals surface area contributed by atoms with Gasteiger partial charge in [-0.3, -0.25) is 9.59 Å². The van der Waals surface area contributed by atoms with Crippen molar-refractivity contribution in [3.8, 4) is 0 Å². The zero-order chi connectivity index (χ0) is 15.4. The Balaban J connectivity index is 1.60. The number of carbonyl (C=O) groups is 2. The Morgan fingerprint density at radius 3 is 2.36 bits per heavy atom. The van der Waals surface area contributed by atoms with Crippen LogP contribution >= 0.6 is 0 Å². The van der Waals surface area contributed by atoms with Crippen molar-refractivity contribution in [1.82, 2.24) is 5.32 Å². The maximum Gasteiger partial charge on any atom is 0.291 e. The molecule has 22 heavy (non-hydrogen) atoms. The Hall–Kier alpha value is -2.56. The van der Waals surface area contributed by atoms with Gasteiger partial charge in [0.1, 0.15) is 0 Å². The Morgan fingerprint density at radius 2 is 1.73 bits per heavy atom. The third kappa shape index (κ3) is 3.36. The van der Waals surface area contributed by atoms with E-state index < -0.39 is 0 Å². The molecule has 0 unspecified atom stereocenters. The summed E-state index contributed by atoms with van der Waals surface area (Å²) in [5.41, 5.74) is 1.22. The summed E-state index contributed by atoms with van der Waals surface area (Å²) in [7, 11) is 0. The van der Waals surface area contributed by atoms with Crippen molar-refractivity contribution in [3.05, 3.63) is 54.0 Å². The third-order valence-corrected chi connectivity index (χ3v) is 3.84. The average molecular weight is 298 g/mol. The highest BCUT2D eigenvalue weighted by atomic mass is 16.3. The molecular weight excluding hydrogens is 280 g/mol. The van der Waals surface area contributed by atoms with Crippen LogP contribution in [0.4, 0.5) is 5.69 Å². The number of carbonyl (C=O) groups excluding carboxylic acids is 2. The fourth-order valence-electron chi connectivity index (χ4n) is 2.64. The van der Waals surface area contributed by atoms with Crippen LogP contribution < -0.4 is 10.6 Å². The highest BCUT2D eigenvalue weighted by molar-refractivity contribution is 6.02. The van der Waals surface area contributed by atoms with Crippen molar-refractivity contribution in [3.63, 3.8) is 0 Å². The fraction of sp³-hybridized carbons (Fsp3) is 0.294. The summed E-state index contributed by atoms with van der Waals surface area (Å²) in [6.45, 7) is 0. The van der Waals surface area contributed by atoms with Gasteiger partial charge in [-0.1, -0.05) is 12.8 Å². The lowest BCUT2D eigenvalue weighted by Crippen LogP contribution is -2.32. The normalized spacial score (nSPS) is 14.7. The zero-order valence-corrected chi connectivity index (χ0v) is 12.2. The van der Waals surface area contributed by atoms with Gasteiger partial charge in [-0.15, -0.1) is 0 Å². The molecule has 1 aliphatic rings. The van der Waals surface area contributed by atoms with E-state index in [1.165, 1.54) is 19.1 Å². The van der Waals surface area contributed by atoms with Crippen LogP contribution in [0.25, 0.3) is 0 Å². The van der Waals surface area contributed by atoms with Crippen LogP contribution in [0.15, 0.2) is 47.1 Å². The molecule has 114 valence electrons. The molecule has 1 fully saturated rings. The van der Waals surface area contributed by atoms with Gasteiger partial charge < -0.3 is 15.1 Å². The topological polar surface area (TPSA) is 71.3 Å². The van der Waals surface area contributed by atoms with Crippen LogP contribution in [0.5, 0.6) is 0 Å². The monoisotopic (exact) mass is 298 g/mol. The molecule has 2 aromatic rings. The van der Waals surface area contributed by atoms with Crippen LogP contribution in [0.1, 0.15) is 46.6 Å². The summed E-state index contributed by atoms with van der Waals surface area (Å²) in [6.07, 6.45) is 5.93. The molecule has 0 saturated heterocycles. The molecule has 0 bridgehead atoms. The van der Waals surface area contributed by atoms with Crippen molar-refractivity contribution in [2.45, 2.75) is 31.7 Å². The van der Waals surface area contributed by atoms with Crippen molar-refractivity contribution in [2.75, 3.05) is 5.32 Å². The molecule has 2 N–H and O–H groups in total. The van der Waals surface area contributed by atoms with Crippen molar-refractivity contribution >= 4 is 17.5 Å². The maximum absolute atomic E-state index is 12.1. The second-order valence-electron chi connectivity index (χ2n) is 5.46. The first kappa shape index (κ1) is 14.4. The minimum absolute atomic E-state index is 0.0594. The molecule has 1 aromatic carbocycles. The van der Waals surface area contributed by atoms with E-state index in [2.05, 4.69) is 10.6 Å². The smallest absolute Gasteiger partial charge is 0.291 e. The maximum atomic E-state index is 12.1. The van der Waals surface area contributed by atoms with Gasteiger partial charge >= 0.3 is 0 Å². The second-order valence-corrected chi connectivity index (χ2v) is 5.46. The molecule has 1 aromatic heterocycles. The van der Waals surface area contributed by atoms with Gasteiger partial charge in [0.15, 0.2) is 5.76 Å². The summed E-state index contributed by atoms with van der Waals surface area (Å²) in [4.78, 5) is 23.9. The van der Waals surface area contributed by atoms with E-state index in [-0.39, 0.29) is 17.6 Å². The summed E-state index contributed by atoms with van der Waals surface area (Å²) in [5, 5.41) is 5.76. The number of furan rings is 1. The Labute approximate surface area is 128 Å². The van der Waals surface area contributed by atoms with Gasteiger partial charge in [-0.25, -0.2) is 0 Å². The lowest BCUT2D eigenvalue weighted by atomic mass is 10.1. The molecule has 2 amide bonds. The Bertz CT molecular complexity index is 641. The number of anilines is 1. The first-order valence-electron chi connectivity index (χ1n) is 7.48. The van der Waals surface area contributed by atoms with Gasteiger partial charge in [0.2, 0.25) is 0 Å². The number of benzene rings is 1. The predicted molar refractivity (Wildman–Crippen MR) is 82.8 cm³/mol. The molecule has 0 aliphatic heterocycles. The first-order chi connectivity index (χ1) is 10.7. The Morgan fingerprint density at radius 1 is 1.00 bits per heavy atom. The molecule has 1 aliphatic carbocycles. The summed E-state index contributed by atoms with van der Waals surface area (Å²) < 4.78 is 5.03. The van der Waals surface area contributed by atoms with E-state index in [4.69, 9.17) is 4.42 Å². The van der Waals surface area contributed by atoms with Crippen LogP contribution in [0.3, 0.4) is 0 Å². The molecule has 5 heteroatoms. The summed E-state index contributed by atoms with van der Waals surface area (Å²) in [5.74, 6) is -0.118. The average Bonchev–Trinajstić information content (AvgIpc) is 3.21. The SMILES string of the molecule is O=C(NC1CCCC1)c1ccc(NC(=O)c2ccco2)cc1. The third-order valence-electron chi connectivity index (χ3n) is 3.84. The first-order valence-corrected chi connectivity index (χ1v) is 7.48. The second kappa shape index (κ2) is 6.47. The largest absolute Gasteiger partial charge is 0.459 e. The molecule has 5 nitrogen and oxygen atoms in total. The molecule has 0 spiro atoms. The van der Waals surface area contributed by atoms with Gasteiger partial charge in [0.25, 0.3) is 11.8 Å². The lowest BCUT2D eigenvalue weighted by molar-refractivity contribution is 0.0937. The van der Waals surface area contributed by atoms with E-state index in [0.717, 1.165) is 12.8 Å². The lowest BCUT2D eigenvalue weighted by Gasteiger charge is -2.12. The minimum atomic E-state index is -0.312. The number of hydrogen-bond acceptors (Lipinski definition) is 3. The van der Waals surface area contributed by atoms with E-state index in [1.54, 1.807) is 36.4 Å². The van der Waals surface area contributed by atoms with Gasteiger partial charge in [0, 0.05) is 17.3 Å². The van der Waals surface area contributed by atoms with Crippen LogP contribution in [-0.2, 0) is 0 Å². The summed E-state index contributed by atoms with van der Waals surface area (Å²) in [6, 6.07) is 10.4. The quantitative estimate of drug-likeness (QED) is 0.910. The number of amides is 2. The number of hydrogen-bond donors (Lipinski definition) is 2. The molecule has 1 heterocycles. The molecular formula is C17H18N2O3. The Kier molecular flexibility index (Phi) is 4.23. The van der Waals surface area contributed by atoms with Crippen LogP contribution in [-0.4, -0.2) is 17.9 Å². The van der Waals surface area contributed by atoms with Crippen molar-refractivity contribution < 1.29 is 14.0 Å². The van der Waals surface area contributed by atoms with E-state index >= 15 is 0 Å². The van der Waals surface area contributed by atoms with E-state index in [9.17, 15) is 9.59 Å². The van der Waals surface area contributed by atoms with Gasteiger partial charge in [-0.2, -0.15) is 0 Å². The zero-order valence-electron chi connectivity index (χ0n) is 12.2. The van der Waals surface area contributed by atoms with E-state index in [0.29, 0.717) is 17.3 Å². The highest BCUT2D eigenvalue weighted by Gasteiger charge is 2.18. The minimum Gasteiger partial charge on any atom is -0.459 e. The van der Waals surface area contributed by atoms with Gasteiger partial charge in [-0.05, 0) is 49.2 Å². The molecule has 1 saturated carbocycles. The number of nitrogens with one attached hydrogen (secondary N) is 2. The number of rotatable bonds is 4. The standard InChI is InChI=1S/C17H18N2O3/c20-16(18-13-4-1-2-5-13)12-7-9-14(10-8-12)19-17(21)15-6-3-11-22-15/h3,6-11,13H,1-2,4-5H2,(H,18,20)(H,19,21). The fourth-order valence-corrected chi connectivity index (χ4v) is 2.64. The predicted octanol–water partition coefficient (Wildman–Crippen LogP) is 3.20. The van der Waals surface area contributed by atoms with Crippen molar-refractivity contribution in [2.24, 2.45) is 0 Å². The molecule has 3 rings (SSSR count).